The Balaban J connectivity index is -0.000000122. The molecule has 1 atom stereocenters. The summed E-state index contributed by atoms with van der Waals surface area (Å²) in [7, 11) is -1.65. The van der Waals surface area contributed by atoms with Crippen LogP contribution in [-0.2, 0) is 36.4 Å². The van der Waals surface area contributed by atoms with Crippen LogP contribution in [0.15, 0.2) is 4.40 Å². The van der Waals surface area contributed by atoms with Gasteiger partial charge in [-0.3, -0.25) is 9.59 Å². The van der Waals surface area contributed by atoms with E-state index >= 15 is 0 Å². The first-order chi connectivity index (χ1) is 13.8. The van der Waals surface area contributed by atoms with Crippen LogP contribution in [0.2, 0.25) is 0 Å². The number of hydrogen-bond acceptors (Lipinski definition) is 11. The molecule has 1 aliphatic rings. The Morgan fingerprint density at radius 2 is 1.31 bits per heavy atom. The van der Waals surface area contributed by atoms with Gasteiger partial charge in [-0.2, -0.15) is 19.9 Å². The van der Waals surface area contributed by atoms with E-state index in [4.69, 9.17) is 37.9 Å². The van der Waals surface area contributed by atoms with Gasteiger partial charge in [-0.1, -0.05) is 36.7 Å². The van der Waals surface area contributed by atoms with Gasteiger partial charge >= 0.3 is 29.3 Å². The largest absolute Gasteiger partial charge is 3.00 e. The minimum Gasteiger partial charge on any atom is -0.753 e. The summed E-state index contributed by atoms with van der Waals surface area (Å²) in [4.78, 5) is 24.0. The van der Waals surface area contributed by atoms with Crippen molar-refractivity contribution in [2.24, 2.45) is 4.40 Å². The summed E-state index contributed by atoms with van der Waals surface area (Å²) in [6, 6.07) is 0. The number of nitrogens with zero attached hydrogens (tertiary/aromatic N) is 4. The number of esters is 2. The second-order valence-electron chi connectivity index (χ2n) is 4.72. The second kappa shape index (κ2) is 32.1. The topological polar surface area (TPSA) is 202 Å². The zero-order valence-corrected chi connectivity index (χ0v) is 23.2. The SMILES string of the molecule is CCOC(=O)CC(C(=O)OCC)S1(N=C=S)CCCC1.N.N.[Cr+3].[N-]=C=S.[N-]=C=S.[N-]=C=S. The van der Waals surface area contributed by atoms with Crippen molar-refractivity contribution in [2.75, 3.05) is 24.7 Å². The molecule has 16 heteroatoms. The molecular weight excluding hydrogens is 553 g/mol. The molecule has 0 saturated carbocycles. The molecule has 6 N–H and O–H groups in total. The first-order valence-corrected chi connectivity index (χ1v) is 11.7. The summed E-state index contributed by atoms with van der Waals surface area (Å²) < 4.78 is 14.4. The minimum atomic E-state index is -1.65. The molecule has 10 nitrogen and oxygen atoms in total. The van der Waals surface area contributed by atoms with Gasteiger partial charge in [-0.25, -0.2) is 0 Å². The summed E-state index contributed by atoms with van der Waals surface area (Å²) >= 11 is 15.8. The minimum absolute atomic E-state index is 0. The molecule has 0 amide bonds. The number of carbonyl (C=O) groups is 2. The molecule has 1 rings (SSSR count). The maximum atomic E-state index is 12.2. The van der Waals surface area contributed by atoms with Crippen LogP contribution in [0.1, 0.15) is 33.1 Å². The molecule has 0 spiro atoms. The van der Waals surface area contributed by atoms with Crippen LogP contribution in [0.5, 0.6) is 0 Å². The molecule has 1 aliphatic heterocycles. The number of carbonyl (C=O) groups excluding carboxylic acids is 2. The zero-order valence-electron chi connectivity index (χ0n) is 17.8. The van der Waals surface area contributed by atoms with Gasteiger partial charge < -0.3 is 38.0 Å². The molecule has 0 bridgehead atoms. The van der Waals surface area contributed by atoms with E-state index in [1.807, 2.05) is 0 Å². The standard InChI is InChI=1S/C13H21NO4S2.3CNS.Cr.2H3N/c1-3-17-12(15)9-11(13(16)18-4-2)20(14-10-19)7-5-6-8-20;3*2-1-3;;;/h11H,3-9H2,1-2H3;;;;;2*1H3/q;3*-1;+3;;. The Hall–Kier alpha value is -1.06. The van der Waals surface area contributed by atoms with Gasteiger partial charge in [-0.15, -0.1) is 10.2 Å². The Bertz CT molecular complexity index is 627. The van der Waals surface area contributed by atoms with E-state index < -0.39 is 15.5 Å². The molecule has 32 heavy (non-hydrogen) atoms. The van der Waals surface area contributed by atoms with E-state index in [9.17, 15) is 9.59 Å². The number of isothiocyanates is 4. The number of thiocarbonyl (C=S) groups is 4. The van der Waals surface area contributed by atoms with Crippen LogP contribution in [0.4, 0.5) is 0 Å². The van der Waals surface area contributed by atoms with E-state index in [1.165, 1.54) is 15.5 Å². The van der Waals surface area contributed by atoms with E-state index in [1.54, 1.807) is 13.8 Å². The predicted molar refractivity (Wildman–Crippen MR) is 141 cm³/mol. The van der Waals surface area contributed by atoms with Crippen LogP contribution in [0, 0.1) is 0 Å². The monoisotopic (exact) mass is 579 g/mol. The maximum absolute atomic E-state index is 12.2. The summed E-state index contributed by atoms with van der Waals surface area (Å²) in [6.45, 7) is 4.07. The first kappa shape index (κ1) is 44.6. The van der Waals surface area contributed by atoms with Crippen LogP contribution in [-0.4, -0.2) is 62.6 Å². The van der Waals surface area contributed by atoms with E-state index in [0.717, 1.165) is 24.3 Å². The van der Waals surface area contributed by atoms with E-state index in [0.29, 0.717) is 6.61 Å². The van der Waals surface area contributed by atoms with Crippen molar-refractivity contribution >= 4 is 91.7 Å². The Labute approximate surface area is 223 Å². The molecule has 0 aromatic carbocycles. The summed E-state index contributed by atoms with van der Waals surface area (Å²) in [5.74, 6) is 0.856. The maximum Gasteiger partial charge on any atom is 3.00 e. The fourth-order valence-corrected chi connectivity index (χ4v) is 6.30. The average molecular weight is 580 g/mol. The van der Waals surface area contributed by atoms with Gasteiger partial charge in [0.05, 0.1) is 24.8 Å². The Morgan fingerprint density at radius 3 is 1.62 bits per heavy atom. The van der Waals surface area contributed by atoms with Crippen molar-refractivity contribution in [1.29, 1.82) is 0 Å². The fraction of sp³-hybridized carbons (Fsp3) is 0.625. The van der Waals surface area contributed by atoms with E-state index in [2.05, 4.69) is 46.2 Å². The predicted octanol–water partition coefficient (Wildman–Crippen LogP) is 4.78. The normalized spacial score (nSPS) is 12.9. The second-order valence-corrected chi connectivity index (χ2v) is 8.82. The van der Waals surface area contributed by atoms with Gasteiger partial charge in [0.2, 0.25) is 0 Å². The van der Waals surface area contributed by atoms with Crippen LogP contribution >= 0.6 is 59.1 Å². The summed E-state index contributed by atoms with van der Waals surface area (Å²) in [6.07, 6.45) is 2.01. The summed E-state index contributed by atoms with van der Waals surface area (Å²) in [5.41, 5.74) is 0. The van der Waals surface area contributed by atoms with Crippen LogP contribution in [0.3, 0.4) is 0 Å². The molecule has 1 saturated heterocycles. The van der Waals surface area contributed by atoms with Gasteiger partial charge in [0.25, 0.3) is 0 Å². The molecular formula is C16H27CrN6O4S5. The van der Waals surface area contributed by atoms with Gasteiger partial charge in [0.15, 0.2) is 0 Å². The van der Waals surface area contributed by atoms with Crippen molar-refractivity contribution in [3.8, 4) is 0 Å². The van der Waals surface area contributed by atoms with Gasteiger partial charge in [0, 0.05) is 0 Å². The average Bonchev–Trinajstić information content (AvgIpc) is 3.12. The number of rotatable bonds is 7. The fourth-order valence-electron chi connectivity index (χ4n) is 2.34. The van der Waals surface area contributed by atoms with Crippen molar-refractivity contribution in [3.63, 3.8) is 0 Å². The molecule has 0 aromatic heterocycles. The van der Waals surface area contributed by atoms with Crippen LogP contribution < -0.4 is 12.3 Å². The Kier molecular flexibility index (Phi) is 44.8. The van der Waals surface area contributed by atoms with Crippen LogP contribution in [0.25, 0.3) is 16.2 Å². The molecule has 1 fully saturated rings. The van der Waals surface area contributed by atoms with Gasteiger partial charge in [-0.05, 0) is 50.4 Å². The summed E-state index contributed by atoms with van der Waals surface area (Å²) in [5, 5.41) is 27.3. The van der Waals surface area contributed by atoms with Crippen molar-refractivity contribution in [3.05, 3.63) is 16.2 Å². The molecule has 181 valence electrons. The first-order valence-electron chi connectivity index (χ1n) is 8.07. The smallest absolute Gasteiger partial charge is 0.753 e. The van der Waals surface area contributed by atoms with E-state index in [-0.39, 0.29) is 54.6 Å². The third kappa shape index (κ3) is 22.1. The van der Waals surface area contributed by atoms with Crippen molar-refractivity contribution in [2.45, 2.75) is 38.4 Å². The Morgan fingerprint density at radius 1 is 0.938 bits per heavy atom. The van der Waals surface area contributed by atoms with Gasteiger partial charge in [0.1, 0.15) is 5.25 Å². The third-order valence-electron chi connectivity index (χ3n) is 3.20. The van der Waals surface area contributed by atoms with Crippen molar-refractivity contribution < 1.29 is 36.4 Å². The quantitative estimate of drug-likeness (QED) is 0.240. The molecule has 0 aromatic rings. The van der Waals surface area contributed by atoms with Crippen molar-refractivity contribution in [1.82, 2.24) is 12.3 Å². The number of ether oxygens (including phenoxy) is 2. The third-order valence-corrected chi connectivity index (χ3v) is 7.27. The molecule has 1 radical (unpaired) electrons. The number of hydrogen-bond donors (Lipinski definition) is 2. The zero-order chi connectivity index (χ0) is 23.1. The molecule has 1 heterocycles. The molecule has 0 aliphatic carbocycles. The molecule has 1 unspecified atom stereocenters.